The smallest absolute Gasteiger partial charge is 0.238 e. The Morgan fingerprint density at radius 3 is 2.44 bits per heavy atom. The Morgan fingerprint density at radius 2 is 1.63 bits per heavy atom. The van der Waals surface area contributed by atoms with Crippen LogP contribution in [0.5, 0.6) is 5.75 Å². The first kappa shape index (κ1) is 25.3. The van der Waals surface area contributed by atoms with E-state index in [-0.39, 0.29) is 17.5 Å². The number of ketones is 2. The van der Waals surface area contributed by atoms with Crippen molar-refractivity contribution in [1.29, 1.82) is 0 Å². The quantitative estimate of drug-likeness (QED) is 0.294. The van der Waals surface area contributed by atoms with E-state index in [9.17, 15) is 14.4 Å². The van der Waals surface area contributed by atoms with Crippen molar-refractivity contribution in [3.8, 4) is 5.75 Å². The van der Waals surface area contributed by atoms with Crippen LogP contribution in [0, 0.1) is 5.92 Å². The SMILES string of the molecule is COc1cccc(C(=O)[C@@H]2[C@@H](C(=O)c3ccc(Cl)cc3)[C@]3(C(=O)Nc4ccccc43)[C@H]3C=Cc4ccccc4N23)c1. The molecule has 4 atom stereocenters. The number of hydrogen-bond acceptors (Lipinski definition) is 5. The van der Waals surface area contributed by atoms with Crippen LogP contribution >= 0.6 is 11.6 Å². The number of fused-ring (bicyclic) bond motifs is 6. The van der Waals surface area contributed by atoms with Gasteiger partial charge >= 0.3 is 0 Å². The van der Waals surface area contributed by atoms with E-state index < -0.39 is 23.4 Å². The number of rotatable bonds is 5. The number of carbonyl (C=O) groups excluding carboxylic acids is 3. The number of amides is 1. The number of methoxy groups -OCH3 is 1. The van der Waals surface area contributed by atoms with Gasteiger partial charge in [0.2, 0.25) is 5.91 Å². The molecule has 202 valence electrons. The van der Waals surface area contributed by atoms with Gasteiger partial charge in [-0.25, -0.2) is 0 Å². The number of benzene rings is 4. The maximum atomic E-state index is 14.7. The summed E-state index contributed by atoms with van der Waals surface area (Å²) in [6, 6.07) is 27.2. The van der Waals surface area contributed by atoms with E-state index in [2.05, 4.69) is 5.32 Å². The number of Topliss-reactive ketones (excluding diaryl/α,β-unsaturated/α-hetero) is 2. The highest BCUT2D eigenvalue weighted by molar-refractivity contribution is 6.30. The summed E-state index contributed by atoms with van der Waals surface area (Å²) in [7, 11) is 1.54. The summed E-state index contributed by atoms with van der Waals surface area (Å²) >= 11 is 6.17. The van der Waals surface area contributed by atoms with Crippen LogP contribution in [-0.4, -0.2) is 36.7 Å². The van der Waals surface area contributed by atoms with Crippen LogP contribution in [0.25, 0.3) is 6.08 Å². The third kappa shape index (κ3) is 3.60. The molecule has 3 heterocycles. The van der Waals surface area contributed by atoms with Gasteiger partial charge in [-0.1, -0.05) is 72.3 Å². The minimum atomic E-state index is -1.36. The lowest BCUT2D eigenvalue weighted by Gasteiger charge is -2.37. The standard InChI is InChI=1S/C34H25ClN2O4/c1-41-24-9-6-8-22(19-24)32(39)30-29(31(38)21-13-16-23(35)17-14-21)34(25-10-3-4-11-26(25)36-33(34)40)28-18-15-20-7-2-5-12-27(20)37(28)30/h2-19,28-30H,1H3,(H,36,40)/t28-,29+,30+,34-/m1/s1. The summed E-state index contributed by atoms with van der Waals surface area (Å²) in [5.41, 5.74) is 2.48. The first-order chi connectivity index (χ1) is 19.9. The minimum absolute atomic E-state index is 0.264. The van der Waals surface area contributed by atoms with Crippen LogP contribution in [0.2, 0.25) is 5.02 Å². The molecular weight excluding hydrogens is 536 g/mol. The molecule has 0 aromatic heterocycles. The maximum absolute atomic E-state index is 14.7. The zero-order chi connectivity index (χ0) is 28.3. The normalized spacial score (nSPS) is 23.5. The molecule has 1 saturated heterocycles. The van der Waals surface area contributed by atoms with E-state index in [1.165, 1.54) is 0 Å². The molecule has 1 N–H and O–H groups in total. The summed E-state index contributed by atoms with van der Waals surface area (Å²) in [6.45, 7) is 0. The fourth-order valence-electron chi connectivity index (χ4n) is 6.86. The van der Waals surface area contributed by atoms with Crippen molar-refractivity contribution in [1.82, 2.24) is 0 Å². The molecule has 1 fully saturated rings. The number of halogens is 1. The van der Waals surface area contributed by atoms with Crippen LogP contribution in [0.15, 0.2) is 103 Å². The molecule has 3 aliphatic rings. The van der Waals surface area contributed by atoms with Gasteiger partial charge in [-0.2, -0.15) is 0 Å². The fraction of sp³-hybridized carbons (Fsp3) is 0.147. The van der Waals surface area contributed by atoms with Crippen LogP contribution in [0.3, 0.4) is 0 Å². The van der Waals surface area contributed by atoms with Crippen molar-refractivity contribution in [3.05, 3.63) is 130 Å². The van der Waals surface area contributed by atoms with Crippen molar-refractivity contribution in [2.45, 2.75) is 17.5 Å². The Morgan fingerprint density at radius 1 is 0.878 bits per heavy atom. The lowest BCUT2D eigenvalue weighted by molar-refractivity contribution is -0.121. The van der Waals surface area contributed by atoms with Crippen molar-refractivity contribution in [3.63, 3.8) is 0 Å². The van der Waals surface area contributed by atoms with Crippen LogP contribution in [0.4, 0.5) is 11.4 Å². The number of hydrogen-bond donors (Lipinski definition) is 1. The number of carbonyl (C=O) groups is 3. The molecule has 0 radical (unpaired) electrons. The van der Waals surface area contributed by atoms with Gasteiger partial charge in [0, 0.05) is 27.5 Å². The fourth-order valence-corrected chi connectivity index (χ4v) is 6.99. The Labute approximate surface area is 242 Å². The van der Waals surface area contributed by atoms with E-state index in [0.29, 0.717) is 33.1 Å². The number of nitrogens with zero attached hydrogens (tertiary/aromatic N) is 1. The topological polar surface area (TPSA) is 75.7 Å². The number of para-hydroxylation sites is 2. The zero-order valence-electron chi connectivity index (χ0n) is 22.1. The van der Waals surface area contributed by atoms with Gasteiger partial charge < -0.3 is 15.0 Å². The second-order valence-corrected chi connectivity index (χ2v) is 11.0. The average Bonchev–Trinajstić information content (AvgIpc) is 3.49. The van der Waals surface area contributed by atoms with Gasteiger partial charge in [0.15, 0.2) is 11.6 Å². The van der Waals surface area contributed by atoms with Gasteiger partial charge in [-0.3, -0.25) is 14.4 Å². The van der Waals surface area contributed by atoms with Crippen LogP contribution in [-0.2, 0) is 10.2 Å². The zero-order valence-corrected chi connectivity index (χ0v) is 22.8. The molecule has 41 heavy (non-hydrogen) atoms. The molecule has 0 saturated carbocycles. The molecule has 1 amide bonds. The lowest BCUT2D eigenvalue weighted by Crippen LogP contribution is -2.51. The summed E-state index contributed by atoms with van der Waals surface area (Å²) in [4.78, 5) is 45.8. The van der Waals surface area contributed by atoms with Gasteiger partial charge in [-0.15, -0.1) is 0 Å². The molecule has 1 spiro atoms. The third-order valence-electron chi connectivity index (χ3n) is 8.58. The van der Waals surface area contributed by atoms with Crippen molar-refractivity contribution in [2.75, 3.05) is 17.3 Å². The second kappa shape index (κ2) is 9.46. The Hall–Kier alpha value is -4.68. The summed E-state index contributed by atoms with van der Waals surface area (Å²) in [5, 5.41) is 3.54. The minimum Gasteiger partial charge on any atom is -0.497 e. The predicted molar refractivity (Wildman–Crippen MR) is 159 cm³/mol. The molecular formula is C34H25ClN2O4. The molecule has 4 aromatic carbocycles. The number of nitrogens with one attached hydrogen (secondary N) is 1. The highest BCUT2D eigenvalue weighted by Gasteiger charge is 2.70. The molecule has 7 heteroatoms. The van der Waals surface area contributed by atoms with E-state index in [4.69, 9.17) is 16.3 Å². The maximum Gasteiger partial charge on any atom is 0.238 e. The van der Waals surface area contributed by atoms with E-state index in [0.717, 1.165) is 11.3 Å². The molecule has 4 aromatic rings. The molecule has 7 rings (SSSR count). The lowest BCUT2D eigenvalue weighted by atomic mass is 9.64. The van der Waals surface area contributed by atoms with Gasteiger partial charge in [-0.05, 0) is 59.7 Å². The summed E-state index contributed by atoms with van der Waals surface area (Å²) in [6.07, 6.45) is 3.94. The van der Waals surface area contributed by atoms with E-state index >= 15 is 0 Å². The van der Waals surface area contributed by atoms with Gasteiger partial charge in [0.1, 0.15) is 17.2 Å². The number of anilines is 2. The Kier molecular flexibility index (Phi) is 5.84. The van der Waals surface area contributed by atoms with E-state index in [1.54, 1.807) is 55.6 Å². The second-order valence-electron chi connectivity index (χ2n) is 10.5. The predicted octanol–water partition coefficient (Wildman–Crippen LogP) is 6.20. The summed E-state index contributed by atoms with van der Waals surface area (Å²) in [5.74, 6) is -1.38. The Balaban J connectivity index is 1.53. The molecule has 0 bridgehead atoms. The first-order valence-electron chi connectivity index (χ1n) is 13.4. The highest BCUT2D eigenvalue weighted by atomic mass is 35.5. The third-order valence-corrected chi connectivity index (χ3v) is 8.83. The van der Waals surface area contributed by atoms with Gasteiger partial charge in [0.25, 0.3) is 0 Å². The molecule has 0 aliphatic carbocycles. The molecule has 3 aliphatic heterocycles. The Bertz CT molecular complexity index is 1760. The largest absolute Gasteiger partial charge is 0.497 e. The van der Waals surface area contributed by atoms with Crippen LogP contribution in [0.1, 0.15) is 31.8 Å². The van der Waals surface area contributed by atoms with Crippen molar-refractivity contribution < 1.29 is 19.1 Å². The molecule has 6 nitrogen and oxygen atoms in total. The number of ether oxygens (including phenoxy) is 1. The van der Waals surface area contributed by atoms with Crippen LogP contribution < -0.4 is 15.0 Å². The highest BCUT2D eigenvalue weighted by Crippen LogP contribution is 2.58. The van der Waals surface area contributed by atoms with Gasteiger partial charge in [0.05, 0.1) is 19.1 Å². The summed E-state index contributed by atoms with van der Waals surface area (Å²) < 4.78 is 5.42. The first-order valence-corrected chi connectivity index (χ1v) is 13.8. The average molecular weight is 561 g/mol. The molecule has 0 unspecified atom stereocenters. The van der Waals surface area contributed by atoms with E-state index in [1.807, 2.05) is 65.6 Å². The monoisotopic (exact) mass is 560 g/mol. The van der Waals surface area contributed by atoms with Crippen molar-refractivity contribution in [2.24, 2.45) is 5.92 Å². The van der Waals surface area contributed by atoms with Crippen molar-refractivity contribution >= 4 is 46.5 Å².